The van der Waals surface area contributed by atoms with Crippen molar-refractivity contribution < 1.29 is 19.0 Å². The molecule has 0 radical (unpaired) electrons. The zero-order chi connectivity index (χ0) is 17.8. The molecule has 3 rings (SSSR count). The number of imidazole rings is 1. The second-order valence-corrected chi connectivity index (χ2v) is 5.13. The van der Waals surface area contributed by atoms with Gasteiger partial charge in [-0.15, -0.1) is 0 Å². The number of urea groups is 1. The number of carbonyl (C=O) groups excluding carboxylic acids is 1. The van der Waals surface area contributed by atoms with E-state index in [-0.39, 0.29) is 0 Å². The van der Waals surface area contributed by atoms with E-state index in [9.17, 15) is 4.79 Å². The fourth-order valence-corrected chi connectivity index (χ4v) is 2.46. The van der Waals surface area contributed by atoms with Crippen molar-refractivity contribution in [3.8, 4) is 17.2 Å². The van der Waals surface area contributed by atoms with Crippen molar-refractivity contribution in [1.82, 2.24) is 9.97 Å². The number of methoxy groups -OCH3 is 3. The molecule has 3 aromatic rings. The Kier molecular flexibility index (Phi) is 4.60. The molecule has 3 N–H and O–H groups in total. The van der Waals surface area contributed by atoms with Gasteiger partial charge in [-0.25, -0.2) is 9.78 Å². The number of hydrogen-bond acceptors (Lipinski definition) is 5. The molecule has 1 heterocycles. The zero-order valence-corrected chi connectivity index (χ0v) is 14.0. The minimum atomic E-state index is -0.395. The van der Waals surface area contributed by atoms with Crippen molar-refractivity contribution in [2.75, 3.05) is 32.0 Å². The smallest absolute Gasteiger partial charge is 0.323 e. The molecule has 1 aromatic heterocycles. The number of nitrogens with one attached hydrogen (secondary N) is 3. The molecule has 8 heteroatoms. The molecule has 2 amide bonds. The van der Waals surface area contributed by atoms with E-state index >= 15 is 0 Å². The van der Waals surface area contributed by atoms with Crippen LogP contribution in [-0.2, 0) is 0 Å². The van der Waals surface area contributed by atoms with Crippen molar-refractivity contribution in [2.45, 2.75) is 0 Å². The molecule has 2 aromatic carbocycles. The van der Waals surface area contributed by atoms with Crippen molar-refractivity contribution >= 4 is 28.4 Å². The molecule has 0 unspecified atom stereocenters. The molecular formula is C17H18N4O4. The van der Waals surface area contributed by atoms with Crippen LogP contribution in [-0.4, -0.2) is 37.3 Å². The fourth-order valence-electron chi connectivity index (χ4n) is 2.46. The summed E-state index contributed by atoms with van der Waals surface area (Å²) in [6, 6.07) is 8.31. The summed E-state index contributed by atoms with van der Waals surface area (Å²) in [7, 11) is 4.55. The summed E-state index contributed by atoms with van der Waals surface area (Å²) in [5.41, 5.74) is 2.82. The Balaban J connectivity index is 1.77. The van der Waals surface area contributed by atoms with E-state index in [0.717, 1.165) is 11.0 Å². The van der Waals surface area contributed by atoms with Crippen LogP contribution in [0.25, 0.3) is 11.0 Å². The topological polar surface area (TPSA) is 97.5 Å². The van der Waals surface area contributed by atoms with Crippen LogP contribution in [0, 0.1) is 0 Å². The van der Waals surface area contributed by atoms with Crippen molar-refractivity contribution in [3.63, 3.8) is 0 Å². The zero-order valence-electron chi connectivity index (χ0n) is 14.0. The van der Waals surface area contributed by atoms with Crippen LogP contribution in [0.4, 0.5) is 16.2 Å². The van der Waals surface area contributed by atoms with Crippen LogP contribution < -0.4 is 24.8 Å². The Morgan fingerprint density at radius 1 is 0.960 bits per heavy atom. The average molecular weight is 342 g/mol. The number of anilines is 2. The van der Waals surface area contributed by atoms with Gasteiger partial charge in [-0.2, -0.15) is 0 Å². The molecule has 0 bridgehead atoms. The number of ether oxygens (including phenoxy) is 3. The van der Waals surface area contributed by atoms with Gasteiger partial charge in [0.1, 0.15) is 0 Å². The van der Waals surface area contributed by atoms with Gasteiger partial charge in [0.2, 0.25) is 5.75 Å². The molecule has 130 valence electrons. The molecule has 0 fully saturated rings. The van der Waals surface area contributed by atoms with E-state index in [0.29, 0.717) is 28.6 Å². The van der Waals surface area contributed by atoms with Gasteiger partial charge in [0.05, 0.1) is 44.4 Å². The number of rotatable bonds is 5. The number of aromatic nitrogens is 2. The van der Waals surface area contributed by atoms with E-state index in [1.807, 2.05) is 6.07 Å². The first-order chi connectivity index (χ1) is 12.1. The Hall–Kier alpha value is -3.42. The lowest BCUT2D eigenvalue weighted by molar-refractivity contribution is 0.262. The van der Waals surface area contributed by atoms with Crippen LogP contribution in [0.1, 0.15) is 0 Å². The van der Waals surface area contributed by atoms with Gasteiger partial charge in [-0.05, 0) is 18.2 Å². The third kappa shape index (κ3) is 3.42. The lowest BCUT2D eigenvalue weighted by Crippen LogP contribution is -2.19. The number of aromatic amines is 1. The van der Waals surface area contributed by atoms with Gasteiger partial charge < -0.3 is 29.8 Å². The van der Waals surface area contributed by atoms with E-state index in [1.54, 1.807) is 30.6 Å². The molecule has 0 saturated carbocycles. The summed E-state index contributed by atoms with van der Waals surface area (Å²) in [4.78, 5) is 19.4. The first kappa shape index (κ1) is 16.4. The Morgan fingerprint density at radius 2 is 1.64 bits per heavy atom. The second kappa shape index (κ2) is 7.00. The highest BCUT2D eigenvalue weighted by molar-refractivity contribution is 6.01. The number of fused-ring (bicyclic) bond motifs is 1. The molecule has 0 saturated heterocycles. The number of carbonyl (C=O) groups is 1. The summed E-state index contributed by atoms with van der Waals surface area (Å²) < 4.78 is 15.8. The van der Waals surface area contributed by atoms with Gasteiger partial charge in [0.25, 0.3) is 0 Å². The quantitative estimate of drug-likeness (QED) is 0.661. The van der Waals surface area contributed by atoms with Gasteiger partial charge in [-0.3, -0.25) is 0 Å². The van der Waals surface area contributed by atoms with Crippen molar-refractivity contribution in [1.29, 1.82) is 0 Å². The highest BCUT2D eigenvalue weighted by Crippen LogP contribution is 2.39. The van der Waals surface area contributed by atoms with Crippen LogP contribution in [0.3, 0.4) is 0 Å². The summed E-state index contributed by atoms with van der Waals surface area (Å²) in [5.74, 6) is 1.37. The lowest BCUT2D eigenvalue weighted by Gasteiger charge is -2.15. The fraction of sp³-hybridized carbons (Fsp3) is 0.176. The van der Waals surface area contributed by atoms with E-state index in [1.165, 1.54) is 21.3 Å². The van der Waals surface area contributed by atoms with Crippen molar-refractivity contribution in [3.05, 3.63) is 36.7 Å². The maximum absolute atomic E-state index is 12.2. The van der Waals surface area contributed by atoms with E-state index < -0.39 is 6.03 Å². The summed E-state index contributed by atoms with van der Waals surface area (Å²) in [6.07, 6.45) is 1.60. The molecular weight excluding hydrogens is 324 g/mol. The second-order valence-electron chi connectivity index (χ2n) is 5.13. The number of hydrogen-bond donors (Lipinski definition) is 3. The standard InChI is InChI=1S/C17H18N4O4/c1-23-14-7-11(8-15(24-2)16(14)25-3)21-17(22)20-10-4-5-12-13(6-10)19-9-18-12/h4-9H,1-3H3,(H,18,19)(H2,20,21,22). The molecule has 0 aliphatic heterocycles. The van der Waals surface area contributed by atoms with Crippen LogP contribution in [0.2, 0.25) is 0 Å². The van der Waals surface area contributed by atoms with Gasteiger partial charge in [-0.1, -0.05) is 0 Å². The van der Waals surface area contributed by atoms with Crippen LogP contribution in [0.5, 0.6) is 17.2 Å². The highest BCUT2D eigenvalue weighted by Gasteiger charge is 2.14. The van der Waals surface area contributed by atoms with Crippen LogP contribution >= 0.6 is 0 Å². The van der Waals surface area contributed by atoms with Crippen LogP contribution in [0.15, 0.2) is 36.7 Å². The lowest BCUT2D eigenvalue weighted by atomic mass is 10.2. The Morgan fingerprint density at radius 3 is 2.28 bits per heavy atom. The molecule has 0 aliphatic rings. The maximum Gasteiger partial charge on any atom is 0.323 e. The number of nitrogens with zero attached hydrogens (tertiary/aromatic N) is 1. The molecule has 0 aliphatic carbocycles. The molecule has 25 heavy (non-hydrogen) atoms. The maximum atomic E-state index is 12.2. The third-order valence-corrected chi connectivity index (χ3v) is 3.60. The Bertz CT molecular complexity index is 882. The van der Waals surface area contributed by atoms with Gasteiger partial charge >= 0.3 is 6.03 Å². The average Bonchev–Trinajstić information content (AvgIpc) is 3.08. The first-order valence-corrected chi connectivity index (χ1v) is 7.45. The number of H-pyrrole nitrogens is 1. The highest BCUT2D eigenvalue weighted by atomic mass is 16.5. The first-order valence-electron chi connectivity index (χ1n) is 7.45. The normalized spacial score (nSPS) is 10.4. The van der Waals surface area contributed by atoms with E-state index in [2.05, 4.69) is 20.6 Å². The SMILES string of the molecule is COc1cc(NC(=O)Nc2ccc3nc[nH]c3c2)cc(OC)c1OC. The van der Waals surface area contributed by atoms with E-state index in [4.69, 9.17) is 14.2 Å². The predicted octanol–water partition coefficient (Wildman–Crippen LogP) is 3.23. The minimum absolute atomic E-state index is 0.395. The largest absolute Gasteiger partial charge is 0.493 e. The van der Waals surface area contributed by atoms with Gasteiger partial charge in [0, 0.05) is 17.8 Å². The molecule has 8 nitrogen and oxygen atoms in total. The third-order valence-electron chi connectivity index (χ3n) is 3.60. The van der Waals surface area contributed by atoms with Crippen molar-refractivity contribution in [2.24, 2.45) is 0 Å². The monoisotopic (exact) mass is 342 g/mol. The molecule has 0 spiro atoms. The number of benzene rings is 2. The summed E-state index contributed by atoms with van der Waals surface area (Å²) >= 11 is 0. The Labute approximate surface area is 144 Å². The summed E-state index contributed by atoms with van der Waals surface area (Å²) in [6.45, 7) is 0. The predicted molar refractivity (Wildman–Crippen MR) is 94.8 cm³/mol. The number of amides is 2. The van der Waals surface area contributed by atoms with Gasteiger partial charge in [0.15, 0.2) is 11.5 Å². The summed E-state index contributed by atoms with van der Waals surface area (Å²) in [5, 5.41) is 5.51. The molecule has 0 atom stereocenters. The minimum Gasteiger partial charge on any atom is -0.493 e.